The third-order valence-corrected chi connectivity index (χ3v) is 0.167. The van der Waals surface area contributed by atoms with Crippen LogP contribution in [0.5, 0.6) is 0 Å². The molecule has 1 heteroatoms. The van der Waals surface area contributed by atoms with E-state index < -0.39 is 0 Å². The van der Waals surface area contributed by atoms with Crippen molar-refractivity contribution in [3.05, 3.63) is 25.3 Å². The van der Waals surface area contributed by atoms with Crippen LogP contribution in [0.1, 0.15) is 0 Å². The molecule has 0 aromatic rings. The number of hydrogen-bond acceptors (Lipinski definition) is 0. The van der Waals surface area contributed by atoms with Gasteiger partial charge in [0, 0.05) is 17.4 Å². The monoisotopic (exact) mass is 106 g/mol. The molecule has 0 radical (unpaired) electrons. The quantitative estimate of drug-likeness (QED) is 0.443. The minimum absolute atomic E-state index is 0. The summed E-state index contributed by atoms with van der Waals surface area (Å²) < 4.78 is 0. The summed E-state index contributed by atoms with van der Waals surface area (Å²) in [6, 6.07) is 0. The van der Waals surface area contributed by atoms with Crippen molar-refractivity contribution in [1.82, 2.24) is 0 Å². The molecule has 0 rings (SSSR count). The van der Waals surface area contributed by atoms with Crippen LogP contribution in [0, 0.1) is 0 Å². The molecular weight excluding hydrogens is 100 g/mol. The SMILES string of the molecule is C=CC=C.[Cr]. The largest absolute Gasteiger partial charge is 0.0991 e. The second-order valence-electron chi connectivity index (χ2n) is 0.471. The van der Waals surface area contributed by atoms with Crippen LogP contribution < -0.4 is 0 Å². The van der Waals surface area contributed by atoms with Gasteiger partial charge in [0.2, 0.25) is 0 Å². The summed E-state index contributed by atoms with van der Waals surface area (Å²) in [6.45, 7) is 6.72. The van der Waals surface area contributed by atoms with Crippen LogP contribution in [-0.4, -0.2) is 0 Å². The van der Waals surface area contributed by atoms with Gasteiger partial charge in [-0.1, -0.05) is 25.3 Å². The van der Waals surface area contributed by atoms with Crippen molar-refractivity contribution in [1.29, 1.82) is 0 Å². The topological polar surface area (TPSA) is 0 Å². The maximum Gasteiger partial charge on any atom is 0 e. The molecule has 5 heavy (non-hydrogen) atoms. The predicted octanol–water partition coefficient (Wildman–Crippen LogP) is 1.36. The molecule has 0 aliphatic heterocycles. The molecule has 0 bridgehead atoms. The van der Waals surface area contributed by atoms with Crippen molar-refractivity contribution in [2.24, 2.45) is 0 Å². The molecule has 0 aliphatic rings. The van der Waals surface area contributed by atoms with E-state index >= 15 is 0 Å². The minimum atomic E-state index is 0. The van der Waals surface area contributed by atoms with Gasteiger partial charge < -0.3 is 0 Å². The van der Waals surface area contributed by atoms with E-state index in [1.807, 2.05) is 0 Å². The van der Waals surface area contributed by atoms with Gasteiger partial charge in [-0.3, -0.25) is 0 Å². The van der Waals surface area contributed by atoms with Crippen molar-refractivity contribution in [2.75, 3.05) is 0 Å². The zero-order chi connectivity index (χ0) is 3.41. The third-order valence-electron chi connectivity index (χ3n) is 0.167. The van der Waals surface area contributed by atoms with E-state index in [0.717, 1.165) is 0 Å². The molecule has 28 valence electrons. The molecule has 0 saturated carbocycles. The summed E-state index contributed by atoms with van der Waals surface area (Å²) in [5.41, 5.74) is 0. The van der Waals surface area contributed by atoms with Crippen LogP contribution in [0.2, 0.25) is 0 Å². The summed E-state index contributed by atoms with van der Waals surface area (Å²) in [5.74, 6) is 0. The van der Waals surface area contributed by atoms with Crippen molar-refractivity contribution in [2.45, 2.75) is 0 Å². The van der Waals surface area contributed by atoms with E-state index in [1.54, 1.807) is 12.2 Å². The summed E-state index contributed by atoms with van der Waals surface area (Å²) in [6.07, 6.45) is 3.28. The maximum absolute atomic E-state index is 3.36. The Labute approximate surface area is 43.3 Å². The average molecular weight is 106 g/mol. The van der Waals surface area contributed by atoms with E-state index in [0.29, 0.717) is 0 Å². The zero-order valence-corrected chi connectivity index (χ0v) is 4.25. The number of rotatable bonds is 1. The molecule has 0 N–H and O–H groups in total. The minimum Gasteiger partial charge on any atom is -0.0991 e. The van der Waals surface area contributed by atoms with E-state index in [1.165, 1.54) is 0 Å². The first-order valence-electron chi connectivity index (χ1n) is 1.15. The van der Waals surface area contributed by atoms with E-state index in [-0.39, 0.29) is 17.4 Å². The Morgan fingerprint density at radius 2 is 1.20 bits per heavy atom. The molecule has 0 fully saturated rings. The first-order valence-corrected chi connectivity index (χ1v) is 1.15. The first-order chi connectivity index (χ1) is 1.91. The number of hydrogen-bond donors (Lipinski definition) is 0. The molecule has 0 atom stereocenters. The maximum atomic E-state index is 3.36. The Bertz CT molecular complexity index is 24.6. The molecule has 0 spiro atoms. The Hall–Kier alpha value is 0.0125. The fourth-order valence-corrected chi connectivity index (χ4v) is 0. The van der Waals surface area contributed by atoms with E-state index in [9.17, 15) is 0 Å². The second-order valence-corrected chi connectivity index (χ2v) is 0.471. The smallest absolute Gasteiger partial charge is 0 e. The predicted molar refractivity (Wildman–Crippen MR) is 20.4 cm³/mol. The van der Waals surface area contributed by atoms with Crippen molar-refractivity contribution >= 4 is 0 Å². The van der Waals surface area contributed by atoms with E-state index in [4.69, 9.17) is 0 Å². The summed E-state index contributed by atoms with van der Waals surface area (Å²) >= 11 is 0. The molecule has 0 unspecified atom stereocenters. The van der Waals surface area contributed by atoms with Gasteiger partial charge >= 0.3 is 0 Å². The Morgan fingerprint density at radius 1 is 1.00 bits per heavy atom. The average Bonchev–Trinajstić information content (AvgIpc) is 1.37. The summed E-state index contributed by atoms with van der Waals surface area (Å²) in [7, 11) is 0. The Morgan fingerprint density at radius 3 is 1.20 bits per heavy atom. The fourth-order valence-electron chi connectivity index (χ4n) is 0. The van der Waals surface area contributed by atoms with E-state index in [2.05, 4.69) is 13.2 Å². The zero-order valence-electron chi connectivity index (χ0n) is 2.98. The molecule has 0 saturated heterocycles. The number of allylic oxidation sites excluding steroid dienone is 2. The molecule has 0 nitrogen and oxygen atoms in total. The molecule has 0 aromatic carbocycles. The molecule has 0 aliphatic carbocycles. The van der Waals surface area contributed by atoms with Crippen molar-refractivity contribution in [3.8, 4) is 0 Å². The van der Waals surface area contributed by atoms with Crippen LogP contribution in [-0.2, 0) is 17.4 Å². The van der Waals surface area contributed by atoms with Gasteiger partial charge in [-0.25, -0.2) is 0 Å². The second kappa shape index (κ2) is 8.99. The van der Waals surface area contributed by atoms with Gasteiger partial charge in [0.1, 0.15) is 0 Å². The van der Waals surface area contributed by atoms with Crippen LogP contribution in [0.15, 0.2) is 25.3 Å². The van der Waals surface area contributed by atoms with Gasteiger partial charge in [0.25, 0.3) is 0 Å². The van der Waals surface area contributed by atoms with Crippen LogP contribution in [0.4, 0.5) is 0 Å². The van der Waals surface area contributed by atoms with Crippen LogP contribution in [0.25, 0.3) is 0 Å². The molecule has 0 amide bonds. The van der Waals surface area contributed by atoms with Crippen molar-refractivity contribution in [3.63, 3.8) is 0 Å². The van der Waals surface area contributed by atoms with Gasteiger partial charge in [-0.05, 0) is 0 Å². The van der Waals surface area contributed by atoms with Gasteiger partial charge in [0.05, 0.1) is 0 Å². The summed E-state index contributed by atoms with van der Waals surface area (Å²) in [4.78, 5) is 0. The normalized spacial score (nSPS) is 4.00. The summed E-state index contributed by atoms with van der Waals surface area (Å²) in [5, 5.41) is 0. The molecule has 0 aromatic heterocycles. The van der Waals surface area contributed by atoms with Gasteiger partial charge in [0.15, 0.2) is 0 Å². The third kappa shape index (κ3) is 15.9. The standard InChI is InChI=1S/C4H6.Cr/c1-3-4-2;/h3-4H,1-2H2;. The fraction of sp³-hybridized carbons (Fsp3) is 0. The van der Waals surface area contributed by atoms with Crippen molar-refractivity contribution < 1.29 is 17.4 Å². The van der Waals surface area contributed by atoms with Crippen LogP contribution >= 0.6 is 0 Å². The molecular formula is C4H6Cr. The van der Waals surface area contributed by atoms with Gasteiger partial charge in [-0.2, -0.15) is 0 Å². The van der Waals surface area contributed by atoms with Crippen LogP contribution in [0.3, 0.4) is 0 Å². The molecule has 0 heterocycles. The Kier molecular flexibility index (Phi) is 16.0. The van der Waals surface area contributed by atoms with Gasteiger partial charge in [-0.15, -0.1) is 0 Å². The Balaban J connectivity index is 0. The first kappa shape index (κ1) is 8.89.